The molecule has 0 amide bonds. The van der Waals surface area contributed by atoms with Crippen LogP contribution in [0.4, 0.5) is 8.78 Å². The summed E-state index contributed by atoms with van der Waals surface area (Å²) in [7, 11) is -4.30. The van der Waals surface area contributed by atoms with Crippen molar-refractivity contribution in [3.63, 3.8) is 0 Å². The maximum absolute atomic E-state index is 11.3. The van der Waals surface area contributed by atoms with Gasteiger partial charge < -0.3 is 4.55 Å². The molecule has 3 nitrogen and oxygen atoms in total. The van der Waals surface area contributed by atoms with Crippen molar-refractivity contribution < 1.29 is 40.6 Å². The molecule has 0 rings (SSSR count). The molecule has 0 saturated carbocycles. The van der Waals surface area contributed by atoms with Crippen LogP contribution in [0, 0.1) is 0 Å². The maximum atomic E-state index is 11.3. The van der Waals surface area contributed by atoms with E-state index in [2.05, 4.69) is 0 Å². The van der Waals surface area contributed by atoms with Crippen molar-refractivity contribution in [2.45, 2.75) is 19.3 Å². The molecule has 0 bridgehead atoms. The first-order valence-electron chi connectivity index (χ1n) is 2.63. The fourth-order valence-corrected chi connectivity index (χ4v) is 0.935. The fourth-order valence-electron chi connectivity index (χ4n) is 0.414. The van der Waals surface area contributed by atoms with Gasteiger partial charge in [0.1, 0.15) is 0 Å². The molecule has 0 aliphatic rings. The molecule has 0 fully saturated rings. The number of hydrogen-bond donors (Lipinski definition) is 0. The summed E-state index contributed by atoms with van der Waals surface area (Å²) >= 11 is 0. The van der Waals surface area contributed by atoms with Gasteiger partial charge in [0.05, 0.1) is 10.1 Å². The molecule has 0 aliphatic heterocycles. The van der Waals surface area contributed by atoms with E-state index in [1.807, 2.05) is 0 Å². The van der Waals surface area contributed by atoms with Crippen LogP contribution >= 0.6 is 0 Å². The Morgan fingerprint density at radius 3 is 2.09 bits per heavy atom. The molecule has 7 heteroatoms. The minimum atomic E-state index is -4.30. The molecule has 0 aromatic heterocycles. The molecule has 0 spiro atoms. The fraction of sp³-hybridized carbons (Fsp3) is 1.00. The predicted octanol–water partition coefficient (Wildman–Crippen LogP) is -2.42. The molecule has 0 N–H and O–H groups in total. The van der Waals surface area contributed by atoms with E-state index < -0.39 is 28.7 Å². The van der Waals surface area contributed by atoms with Crippen LogP contribution in [0.2, 0.25) is 0 Å². The third kappa shape index (κ3) is 13.4. The van der Waals surface area contributed by atoms with Gasteiger partial charge in [-0.25, -0.2) is 17.2 Å². The maximum Gasteiger partial charge on any atom is 1.00 e. The largest absolute Gasteiger partial charge is 1.00 e. The Kier molecular flexibility index (Phi) is 7.53. The van der Waals surface area contributed by atoms with E-state index in [9.17, 15) is 21.8 Å². The number of hydrogen-bond acceptors (Lipinski definition) is 3. The standard InChI is InChI=1S/C4H8F2O3S.Li/c5-4(6)2-1-3-10(7,8)9;/h4H,1-3H2,(H,7,8,9);/q;+1/p-1. The van der Waals surface area contributed by atoms with Crippen molar-refractivity contribution in [1.82, 2.24) is 0 Å². The Morgan fingerprint density at radius 1 is 1.36 bits per heavy atom. The monoisotopic (exact) mass is 180 g/mol. The van der Waals surface area contributed by atoms with Gasteiger partial charge in [0.25, 0.3) is 0 Å². The van der Waals surface area contributed by atoms with Gasteiger partial charge >= 0.3 is 18.9 Å². The van der Waals surface area contributed by atoms with Gasteiger partial charge in [-0.2, -0.15) is 0 Å². The van der Waals surface area contributed by atoms with E-state index in [0.29, 0.717) is 0 Å². The van der Waals surface area contributed by atoms with Crippen molar-refractivity contribution in [1.29, 1.82) is 0 Å². The van der Waals surface area contributed by atoms with E-state index >= 15 is 0 Å². The van der Waals surface area contributed by atoms with Crippen molar-refractivity contribution in [3.05, 3.63) is 0 Å². The topological polar surface area (TPSA) is 57.2 Å². The summed E-state index contributed by atoms with van der Waals surface area (Å²) in [5.41, 5.74) is 0. The smallest absolute Gasteiger partial charge is 0.748 e. The summed E-state index contributed by atoms with van der Waals surface area (Å²) in [6.45, 7) is 0. The molecule has 0 heterocycles. The summed E-state index contributed by atoms with van der Waals surface area (Å²) < 4.78 is 52.1. The molecular weight excluding hydrogens is 173 g/mol. The van der Waals surface area contributed by atoms with E-state index in [-0.39, 0.29) is 25.3 Å². The van der Waals surface area contributed by atoms with Crippen LogP contribution in [0.25, 0.3) is 0 Å². The van der Waals surface area contributed by atoms with Gasteiger partial charge in [0.2, 0.25) is 6.43 Å². The second kappa shape index (κ2) is 5.95. The van der Waals surface area contributed by atoms with Crippen molar-refractivity contribution in [2.75, 3.05) is 5.75 Å². The van der Waals surface area contributed by atoms with Crippen LogP contribution < -0.4 is 18.9 Å². The normalized spacial score (nSPS) is 11.3. The van der Waals surface area contributed by atoms with Crippen molar-refractivity contribution >= 4 is 10.1 Å². The number of rotatable bonds is 4. The quantitative estimate of drug-likeness (QED) is 0.357. The Balaban J connectivity index is 0. The Bertz CT molecular complexity index is 180. The number of alkyl halides is 2. The first-order chi connectivity index (χ1) is 4.42. The summed E-state index contributed by atoms with van der Waals surface area (Å²) in [4.78, 5) is 0. The van der Waals surface area contributed by atoms with E-state index in [1.165, 1.54) is 0 Å². The molecule has 0 aromatic carbocycles. The summed E-state index contributed by atoms with van der Waals surface area (Å²) in [5.74, 6) is -0.697. The summed E-state index contributed by atoms with van der Waals surface area (Å²) in [5, 5.41) is 0. The Labute approximate surface area is 76.1 Å². The van der Waals surface area contributed by atoms with E-state index in [1.54, 1.807) is 0 Å². The van der Waals surface area contributed by atoms with Gasteiger partial charge in [-0.05, 0) is 6.42 Å². The number of halogens is 2. The zero-order chi connectivity index (χ0) is 8.20. The average Bonchev–Trinajstić information content (AvgIpc) is 1.59. The predicted molar refractivity (Wildman–Crippen MR) is 29.8 cm³/mol. The van der Waals surface area contributed by atoms with Gasteiger partial charge in [-0.3, -0.25) is 0 Å². The Morgan fingerprint density at radius 2 is 1.82 bits per heavy atom. The second-order valence-electron chi connectivity index (χ2n) is 1.80. The molecule has 0 unspecified atom stereocenters. The SMILES string of the molecule is O=S(=O)([O-])CCCC(F)F.[Li+]. The van der Waals surface area contributed by atoms with Crippen LogP contribution in [0.1, 0.15) is 12.8 Å². The van der Waals surface area contributed by atoms with Gasteiger partial charge in [0, 0.05) is 12.2 Å². The van der Waals surface area contributed by atoms with Gasteiger partial charge in [0.15, 0.2) is 0 Å². The first kappa shape index (κ1) is 13.9. The summed E-state index contributed by atoms with van der Waals surface area (Å²) in [6.07, 6.45) is -3.31. The summed E-state index contributed by atoms with van der Waals surface area (Å²) in [6, 6.07) is 0. The molecule has 0 atom stereocenters. The third-order valence-electron chi connectivity index (χ3n) is 0.817. The second-order valence-corrected chi connectivity index (χ2v) is 3.32. The molecule has 0 aliphatic carbocycles. The zero-order valence-corrected chi connectivity index (χ0v) is 6.90. The molecule has 0 radical (unpaired) electrons. The van der Waals surface area contributed by atoms with Gasteiger partial charge in [-0.15, -0.1) is 0 Å². The van der Waals surface area contributed by atoms with Crippen LogP contribution in [0.5, 0.6) is 0 Å². The average molecular weight is 180 g/mol. The van der Waals surface area contributed by atoms with E-state index in [0.717, 1.165) is 0 Å². The molecule has 0 aromatic rings. The van der Waals surface area contributed by atoms with Crippen LogP contribution in [-0.2, 0) is 10.1 Å². The third-order valence-corrected chi connectivity index (χ3v) is 1.61. The minimum Gasteiger partial charge on any atom is -0.748 e. The molecule has 0 saturated heterocycles. The van der Waals surface area contributed by atoms with Crippen LogP contribution in [0.15, 0.2) is 0 Å². The van der Waals surface area contributed by atoms with Crippen LogP contribution in [-0.4, -0.2) is 25.1 Å². The van der Waals surface area contributed by atoms with Gasteiger partial charge in [-0.1, -0.05) is 0 Å². The Hall–Kier alpha value is 0.367. The van der Waals surface area contributed by atoms with E-state index in [4.69, 9.17) is 0 Å². The van der Waals surface area contributed by atoms with Crippen molar-refractivity contribution in [3.8, 4) is 0 Å². The molecule has 11 heavy (non-hydrogen) atoms. The molecular formula is C4H7F2LiO3S. The van der Waals surface area contributed by atoms with Crippen LogP contribution in [0.3, 0.4) is 0 Å². The minimum absolute atomic E-state index is 0. The van der Waals surface area contributed by atoms with Crippen molar-refractivity contribution in [2.24, 2.45) is 0 Å². The first-order valence-corrected chi connectivity index (χ1v) is 4.21. The zero-order valence-electron chi connectivity index (χ0n) is 6.09. The molecule has 62 valence electrons.